The number of ether oxygens (including phenoxy) is 3. The molecule has 0 bridgehead atoms. The lowest BCUT2D eigenvalue weighted by Gasteiger charge is -2.26. The van der Waals surface area contributed by atoms with E-state index in [-0.39, 0.29) is 17.4 Å². The summed E-state index contributed by atoms with van der Waals surface area (Å²) in [5.74, 6) is 0.812. The molecule has 0 atom stereocenters. The number of morpholine rings is 1. The molecule has 2 N–H and O–H groups in total. The highest BCUT2D eigenvalue weighted by molar-refractivity contribution is 7.92. The van der Waals surface area contributed by atoms with Crippen LogP contribution in [0.2, 0.25) is 0 Å². The van der Waals surface area contributed by atoms with Gasteiger partial charge in [0.15, 0.2) is 6.61 Å². The van der Waals surface area contributed by atoms with Crippen LogP contribution in [0.15, 0.2) is 53.4 Å². The Morgan fingerprint density at radius 3 is 2.32 bits per heavy atom. The first-order valence-corrected chi connectivity index (χ1v) is 11.4. The zero-order valence-electron chi connectivity index (χ0n) is 17.4. The molecule has 0 radical (unpaired) electrons. The van der Waals surface area contributed by atoms with Gasteiger partial charge in [0.25, 0.3) is 15.9 Å². The van der Waals surface area contributed by atoms with Gasteiger partial charge >= 0.3 is 0 Å². The molecule has 2 aromatic rings. The van der Waals surface area contributed by atoms with E-state index in [1.807, 2.05) is 0 Å². The molecule has 9 nitrogen and oxygen atoms in total. The Balaban J connectivity index is 1.44. The number of rotatable bonds is 10. The van der Waals surface area contributed by atoms with Crippen molar-refractivity contribution in [3.05, 3.63) is 48.5 Å². The van der Waals surface area contributed by atoms with Gasteiger partial charge in [-0.3, -0.25) is 14.4 Å². The standard InChI is InChI=1S/C21H27N3O6S/c1-28-18-4-2-17(3-5-18)23-31(26,27)20-8-6-19(7-9-20)30-16-21(25)22-10-11-24-12-14-29-15-13-24/h2-9,23H,10-16H2,1H3,(H,22,25). The topological polar surface area (TPSA) is 106 Å². The summed E-state index contributed by atoms with van der Waals surface area (Å²) in [5, 5.41) is 2.81. The van der Waals surface area contributed by atoms with Crippen molar-refractivity contribution >= 4 is 21.6 Å². The zero-order valence-corrected chi connectivity index (χ0v) is 18.2. The SMILES string of the molecule is COc1ccc(NS(=O)(=O)c2ccc(OCC(=O)NCCN3CCOCC3)cc2)cc1. The molecule has 0 unspecified atom stereocenters. The molecule has 0 saturated carbocycles. The van der Waals surface area contributed by atoms with Crippen LogP contribution < -0.4 is 19.5 Å². The molecule has 1 heterocycles. The van der Waals surface area contributed by atoms with E-state index in [1.165, 1.54) is 31.4 Å². The van der Waals surface area contributed by atoms with Crippen LogP contribution in [-0.4, -0.2) is 72.3 Å². The number of amides is 1. The van der Waals surface area contributed by atoms with Crippen molar-refractivity contribution in [1.82, 2.24) is 10.2 Å². The zero-order chi connectivity index (χ0) is 22.1. The van der Waals surface area contributed by atoms with Crippen LogP contribution in [0.5, 0.6) is 11.5 Å². The molecule has 1 aliphatic heterocycles. The molecule has 31 heavy (non-hydrogen) atoms. The van der Waals surface area contributed by atoms with Gasteiger partial charge in [0.1, 0.15) is 11.5 Å². The van der Waals surface area contributed by atoms with E-state index in [9.17, 15) is 13.2 Å². The van der Waals surface area contributed by atoms with E-state index in [1.54, 1.807) is 24.3 Å². The van der Waals surface area contributed by atoms with Gasteiger partial charge in [0.05, 0.1) is 25.2 Å². The fourth-order valence-corrected chi connectivity index (χ4v) is 4.02. The summed E-state index contributed by atoms with van der Waals surface area (Å²) in [6, 6.07) is 12.5. The highest BCUT2D eigenvalue weighted by Crippen LogP contribution is 2.21. The van der Waals surface area contributed by atoms with Crippen molar-refractivity contribution in [2.24, 2.45) is 0 Å². The Morgan fingerprint density at radius 2 is 1.68 bits per heavy atom. The van der Waals surface area contributed by atoms with Gasteiger partial charge < -0.3 is 19.5 Å². The molecule has 168 valence electrons. The van der Waals surface area contributed by atoms with Crippen LogP contribution in [0.1, 0.15) is 0 Å². The van der Waals surface area contributed by atoms with Crippen LogP contribution in [0.4, 0.5) is 5.69 Å². The van der Waals surface area contributed by atoms with Crippen LogP contribution in [0, 0.1) is 0 Å². The minimum Gasteiger partial charge on any atom is -0.497 e. The summed E-state index contributed by atoms with van der Waals surface area (Å²) < 4.78 is 43.3. The number of carbonyl (C=O) groups is 1. The van der Waals surface area contributed by atoms with Gasteiger partial charge in [-0.1, -0.05) is 0 Å². The average molecular weight is 450 g/mol. The first kappa shape index (κ1) is 22.9. The average Bonchev–Trinajstić information content (AvgIpc) is 2.79. The molecule has 10 heteroatoms. The number of hydrogen-bond acceptors (Lipinski definition) is 7. The molecule has 1 saturated heterocycles. The Hall–Kier alpha value is -2.82. The van der Waals surface area contributed by atoms with Crippen molar-refractivity contribution in [2.45, 2.75) is 4.90 Å². The second kappa shape index (κ2) is 11.0. The molecule has 2 aromatic carbocycles. The Kier molecular flexibility index (Phi) is 8.10. The summed E-state index contributed by atoms with van der Waals surface area (Å²) in [7, 11) is -2.20. The number of hydrogen-bond donors (Lipinski definition) is 2. The summed E-state index contributed by atoms with van der Waals surface area (Å²) in [6.07, 6.45) is 0. The fraction of sp³-hybridized carbons (Fsp3) is 0.381. The monoisotopic (exact) mass is 449 g/mol. The van der Waals surface area contributed by atoms with E-state index in [0.29, 0.717) is 23.7 Å². The van der Waals surface area contributed by atoms with Crippen molar-refractivity contribution in [3.63, 3.8) is 0 Å². The minimum atomic E-state index is -3.74. The van der Waals surface area contributed by atoms with Gasteiger partial charge in [0.2, 0.25) is 0 Å². The molecule has 1 fully saturated rings. The Morgan fingerprint density at radius 1 is 1.03 bits per heavy atom. The largest absolute Gasteiger partial charge is 0.497 e. The van der Waals surface area contributed by atoms with Crippen molar-refractivity contribution in [3.8, 4) is 11.5 Å². The molecule has 3 rings (SSSR count). The normalized spacial score (nSPS) is 14.6. The highest BCUT2D eigenvalue weighted by atomic mass is 32.2. The summed E-state index contributed by atoms with van der Waals surface area (Å²) in [5.41, 5.74) is 0.426. The van der Waals surface area contributed by atoms with Gasteiger partial charge in [-0.2, -0.15) is 0 Å². The Labute approximate surface area is 182 Å². The molecular weight excluding hydrogens is 422 g/mol. The van der Waals surface area contributed by atoms with Crippen molar-refractivity contribution in [1.29, 1.82) is 0 Å². The maximum Gasteiger partial charge on any atom is 0.261 e. The molecule has 0 spiro atoms. The number of anilines is 1. The molecule has 0 aliphatic carbocycles. The lowest BCUT2D eigenvalue weighted by Crippen LogP contribution is -2.42. The second-order valence-corrected chi connectivity index (χ2v) is 8.58. The summed E-state index contributed by atoms with van der Waals surface area (Å²) in [4.78, 5) is 14.3. The van der Waals surface area contributed by atoms with Crippen LogP contribution in [0.25, 0.3) is 0 Å². The maximum atomic E-state index is 12.5. The third kappa shape index (κ3) is 7.12. The third-order valence-corrected chi connectivity index (χ3v) is 6.10. The van der Waals surface area contributed by atoms with Crippen LogP contribution >= 0.6 is 0 Å². The third-order valence-electron chi connectivity index (χ3n) is 4.70. The van der Waals surface area contributed by atoms with Crippen LogP contribution in [-0.2, 0) is 19.6 Å². The maximum absolute atomic E-state index is 12.5. The highest BCUT2D eigenvalue weighted by Gasteiger charge is 2.15. The van der Waals surface area contributed by atoms with Crippen molar-refractivity contribution < 1.29 is 27.4 Å². The predicted molar refractivity (Wildman–Crippen MR) is 116 cm³/mol. The lowest BCUT2D eigenvalue weighted by atomic mass is 10.3. The number of nitrogens with one attached hydrogen (secondary N) is 2. The predicted octanol–water partition coefficient (Wildman–Crippen LogP) is 1.32. The fourth-order valence-electron chi connectivity index (χ4n) is 2.97. The lowest BCUT2D eigenvalue weighted by molar-refractivity contribution is -0.123. The first-order chi connectivity index (χ1) is 15.0. The first-order valence-electron chi connectivity index (χ1n) is 9.93. The quantitative estimate of drug-likeness (QED) is 0.564. The van der Waals surface area contributed by atoms with Gasteiger partial charge in [-0.05, 0) is 48.5 Å². The minimum absolute atomic E-state index is 0.0885. The number of carbonyl (C=O) groups excluding carboxylic acids is 1. The van der Waals surface area contributed by atoms with E-state index in [2.05, 4.69) is 14.9 Å². The molecule has 1 amide bonds. The van der Waals surface area contributed by atoms with E-state index >= 15 is 0 Å². The van der Waals surface area contributed by atoms with Crippen molar-refractivity contribution in [2.75, 3.05) is 57.8 Å². The van der Waals surface area contributed by atoms with E-state index in [0.717, 1.165) is 32.8 Å². The molecular formula is C21H27N3O6S. The molecule has 0 aromatic heterocycles. The van der Waals surface area contributed by atoms with Gasteiger partial charge in [-0.25, -0.2) is 8.42 Å². The van der Waals surface area contributed by atoms with E-state index < -0.39 is 10.0 Å². The smallest absolute Gasteiger partial charge is 0.261 e. The van der Waals surface area contributed by atoms with Gasteiger partial charge in [-0.15, -0.1) is 0 Å². The number of methoxy groups -OCH3 is 1. The summed E-state index contributed by atoms with van der Waals surface area (Å²) in [6.45, 7) is 4.35. The second-order valence-electron chi connectivity index (χ2n) is 6.90. The number of benzene rings is 2. The molecule has 1 aliphatic rings. The number of sulfonamides is 1. The van der Waals surface area contributed by atoms with E-state index in [4.69, 9.17) is 14.2 Å². The Bertz CT molecular complexity index is 942. The van der Waals surface area contributed by atoms with Gasteiger partial charge in [0, 0.05) is 31.9 Å². The number of nitrogens with zero attached hydrogens (tertiary/aromatic N) is 1. The van der Waals surface area contributed by atoms with Crippen LogP contribution in [0.3, 0.4) is 0 Å². The summed E-state index contributed by atoms with van der Waals surface area (Å²) >= 11 is 0.